The molecular weight excluding hydrogens is 398 g/mol. The molecule has 0 spiro atoms. The quantitative estimate of drug-likeness (QED) is 0.372. The Morgan fingerprint density at radius 2 is 1.50 bits per heavy atom. The Balaban J connectivity index is 2.72. The van der Waals surface area contributed by atoms with Gasteiger partial charge in [0.05, 0.1) is 6.04 Å². The van der Waals surface area contributed by atoms with Crippen LogP contribution in [0.1, 0.15) is 18.4 Å². The van der Waals surface area contributed by atoms with Crippen LogP contribution in [0.2, 0.25) is 0 Å². The average Bonchev–Trinajstić information content (AvgIpc) is 2.68. The van der Waals surface area contributed by atoms with E-state index in [0.717, 1.165) is 5.56 Å². The number of benzene rings is 1. The second-order valence-corrected chi connectivity index (χ2v) is 8.29. The highest BCUT2D eigenvalue weighted by molar-refractivity contribution is 7.98. The molecule has 3 atom stereocenters. The SMILES string of the molecule is CSCC[C@H](NC(=O)[C@H](CCSC)NC(=O)[C@@H](N)Cc1ccccc1)C(=O)O. The molecule has 0 aliphatic rings. The van der Waals surface area contributed by atoms with Gasteiger partial charge in [0.25, 0.3) is 0 Å². The van der Waals surface area contributed by atoms with Gasteiger partial charge in [-0.3, -0.25) is 9.59 Å². The van der Waals surface area contributed by atoms with Crippen LogP contribution in [-0.4, -0.2) is 65.0 Å². The van der Waals surface area contributed by atoms with Crippen molar-refractivity contribution in [1.29, 1.82) is 0 Å². The Morgan fingerprint density at radius 3 is 2.04 bits per heavy atom. The second kappa shape index (κ2) is 13.5. The van der Waals surface area contributed by atoms with Crippen molar-refractivity contribution in [2.24, 2.45) is 5.73 Å². The highest BCUT2D eigenvalue weighted by atomic mass is 32.2. The van der Waals surface area contributed by atoms with Crippen molar-refractivity contribution in [2.45, 2.75) is 37.4 Å². The van der Waals surface area contributed by atoms with Crippen molar-refractivity contribution in [2.75, 3.05) is 24.0 Å². The maximum atomic E-state index is 12.6. The predicted octanol–water partition coefficient (Wildman–Crippen LogP) is 1.12. The molecule has 0 unspecified atom stereocenters. The number of carbonyl (C=O) groups is 3. The van der Waals surface area contributed by atoms with E-state index >= 15 is 0 Å². The molecule has 7 nitrogen and oxygen atoms in total. The molecule has 2 amide bonds. The van der Waals surface area contributed by atoms with Gasteiger partial charge in [-0.25, -0.2) is 4.79 Å². The number of carbonyl (C=O) groups excluding carboxylic acids is 2. The van der Waals surface area contributed by atoms with E-state index in [-0.39, 0.29) is 0 Å². The minimum Gasteiger partial charge on any atom is -0.480 e. The van der Waals surface area contributed by atoms with E-state index in [2.05, 4.69) is 10.6 Å². The van der Waals surface area contributed by atoms with Crippen LogP contribution in [0.5, 0.6) is 0 Å². The van der Waals surface area contributed by atoms with Gasteiger partial charge in [0, 0.05) is 0 Å². The number of rotatable bonds is 13. The highest BCUT2D eigenvalue weighted by Gasteiger charge is 2.27. The Kier molecular flexibility index (Phi) is 11.7. The van der Waals surface area contributed by atoms with Crippen LogP contribution in [0, 0.1) is 0 Å². The summed E-state index contributed by atoms with van der Waals surface area (Å²) < 4.78 is 0. The van der Waals surface area contributed by atoms with E-state index < -0.39 is 35.9 Å². The van der Waals surface area contributed by atoms with Gasteiger partial charge in [-0.05, 0) is 48.8 Å². The molecule has 0 bridgehead atoms. The summed E-state index contributed by atoms with van der Waals surface area (Å²) in [5, 5.41) is 14.5. The Morgan fingerprint density at radius 1 is 0.964 bits per heavy atom. The van der Waals surface area contributed by atoms with E-state index in [1.807, 2.05) is 42.8 Å². The topological polar surface area (TPSA) is 122 Å². The molecule has 0 saturated carbocycles. The van der Waals surface area contributed by atoms with Crippen molar-refractivity contribution in [3.63, 3.8) is 0 Å². The second-order valence-electron chi connectivity index (χ2n) is 6.32. The molecular formula is C19H29N3O4S2. The summed E-state index contributed by atoms with van der Waals surface area (Å²) in [5.41, 5.74) is 6.92. The monoisotopic (exact) mass is 427 g/mol. The van der Waals surface area contributed by atoms with Gasteiger partial charge in [0.15, 0.2) is 0 Å². The maximum absolute atomic E-state index is 12.6. The van der Waals surface area contributed by atoms with Gasteiger partial charge < -0.3 is 21.5 Å². The lowest BCUT2D eigenvalue weighted by atomic mass is 10.1. The molecule has 9 heteroatoms. The van der Waals surface area contributed by atoms with Crippen LogP contribution in [0.4, 0.5) is 0 Å². The third kappa shape index (κ3) is 8.99. The van der Waals surface area contributed by atoms with Gasteiger partial charge in [-0.2, -0.15) is 23.5 Å². The van der Waals surface area contributed by atoms with E-state index in [4.69, 9.17) is 5.73 Å². The Bertz CT molecular complexity index is 631. The van der Waals surface area contributed by atoms with E-state index in [9.17, 15) is 19.5 Å². The highest BCUT2D eigenvalue weighted by Crippen LogP contribution is 2.06. The molecule has 0 fully saturated rings. The zero-order valence-electron chi connectivity index (χ0n) is 16.2. The first-order valence-corrected chi connectivity index (χ1v) is 11.8. The summed E-state index contributed by atoms with van der Waals surface area (Å²) >= 11 is 3.05. The average molecular weight is 428 g/mol. The fraction of sp³-hybridized carbons (Fsp3) is 0.526. The summed E-state index contributed by atoms with van der Waals surface area (Å²) in [6.07, 6.45) is 4.84. The summed E-state index contributed by atoms with van der Waals surface area (Å²) in [6.45, 7) is 0. The van der Waals surface area contributed by atoms with Crippen LogP contribution in [0.25, 0.3) is 0 Å². The zero-order valence-corrected chi connectivity index (χ0v) is 17.9. The maximum Gasteiger partial charge on any atom is 0.326 e. The zero-order chi connectivity index (χ0) is 20.9. The van der Waals surface area contributed by atoms with Crippen molar-refractivity contribution < 1.29 is 19.5 Å². The number of amides is 2. The van der Waals surface area contributed by atoms with Gasteiger partial charge in [0.1, 0.15) is 12.1 Å². The van der Waals surface area contributed by atoms with Crippen LogP contribution in [-0.2, 0) is 20.8 Å². The number of thioether (sulfide) groups is 2. The smallest absolute Gasteiger partial charge is 0.326 e. The number of nitrogens with one attached hydrogen (secondary N) is 2. The molecule has 0 radical (unpaired) electrons. The van der Waals surface area contributed by atoms with Crippen molar-refractivity contribution >= 4 is 41.3 Å². The van der Waals surface area contributed by atoms with E-state index in [1.54, 1.807) is 11.8 Å². The van der Waals surface area contributed by atoms with Crippen molar-refractivity contribution in [3.05, 3.63) is 35.9 Å². The van der Waals surface area contributed by atoms with E-state index in [1.165, 1.54) is 11.8 Å². The number of nitrogens with two attached hydrogens (primary N) is 1. The van der Waals surface area contributed by atoms with Gasteiger partial charge in [-0.15, -0.1) is 0 Å². The lowest BCUT2D eigenvalue weighted by Crippen LogP contribution is -2.55. The van der Waals surface area contributed by atoms with Gasteiger partial charge >= 0.3 is 5.97 Å². The van der Waals surface area contributed by atoms with Crippen LogP contribution in [0.15, 0.2) is 30.3 Å². The number of hydrogen-bond acceptors (Lipinski definition) is 6. The fourth-order valence-corrected chi connectivity index (χ4v) is 3.45. The van der Waals surface area contributed by atoms with Crippen LogP contribution in [0.3, 0.4) is 0 Å². The van der Waals surface area contributed by atoms with Crippen LogP contribution < -0.4 is 16.4 Å². The predicted molar refractivity (Wildman–Crippen MR) is 116 cm³/mol. The molecule has 1 aromatic carbocycles. The molecule has 0 aromatic heterocycles. The number of carboxylic acids is 1. The lowest BCUT2D eigenvalue weighted by Gasteiger charge is -2.22. The summed E-state index contributed by atoms with van der Waals surface area (Å²) in [5.74, 6) is -0.752. The third-order valence-electron chi connectivity index (χ3n) is 4.10. The van der Waals surface area contributed by atoms with Gasteiger partial charge in [0.2, 0.25) is 11.8 Å². The molecule has 28 heavy (non-hydrogen) atoms. The molecule has 1 rings (SSSR count). The minimum atomic E-state index is -1.09. The summed E-state index contributed by atoms with van der Waals surface area (Å²) in [4.78, 5) is 36.4. The number of hydrogen-bond donors (Lipinski definition) is 4. The molecule has 5 N–H and O–H groups in total. The van der Waals surface area contributed by atoms with Crippen molar-refractivity contribution in [3.8, 4) is 0 Å². The molecule has 0 aliphatic heterocycles. The summed E-state index contributed by atoms with van der Waals surface area (Å²) in [7, 11) is 0. The first kappa shape index (κ1) is 24.3. The third-order valence-corrected chi connectivity index (χ3v) is 5.39. The first-order chi connectivity index (χ1) is 13.4. The molecule has 0 heterocycles. The molecule has 0 aliphatic carbocycles. The Labute approximate surface area is 174 Å². The van der Waals surface area contributed by atoms with Crippen molar-refractivity contribution in [1.82, 2.24) is 10.6 Å². The van der Waals surface area contributed by atoms with E-state index in [0.29, 0.717) is 30.8 Å². The summed E-state index contributed by atoms with van der Waals surface area (Å²) in [6, 6.07) is 6.80. The first-order valence-electron chi connectivity index (χ1n) is 9.00. The minimum absolute atomic E-state index is 0.318. The normalized spacial score (nSPS) is 14.0. The van der Waals surface area contributed by atoms with Crippen LogP contribution >= 0.6 is 23.5 Å². The lowest BCUT2D eigenvalue weighted by molar-refractivity contribution is -0.142. The molecule has 156 valence electrons. The van der Waals surface area contributed by atoms with Gasteiger partial charge in [-0.1, -0.05) is 30.3 Å². The molecule has 0 saturated heterocycles. The Hall–Kier alpha value is -1.71. The fourth-order valence-electron chi connectivity index (χ4n) is 2.51. The number of carboxylic acid groups (broad SMARTS) is 1. The standard InChI is InChI=1S/C19H29N3O4S2/c1-27-10-8-15(18(24)22-16(19(25)26)9-11-28-2)21-17(23)14(20)12-13-6-4-3-5-7-13/h3-7,14-16H,8-12,20H2,1-2H3,(H,21,23)(H,22,24)(H,25,26)/t14-,15-,16-/m0/s1. The molecule has 1 aromatic rings. The largest absolute Gasteiger partial charge is 0.480 e. The number of aliphatic carboxylic acids is 1.